The highest BCUT2D eigenvalue weighted by molar-refractivity contribution is 7.89. The van der Waals surface area contributed by atoms with Crippen LogP contribution in [0.25, 0.3) is 0 Å². The molecule has 1 spiro atoms. The van der Waals surface area contributed by atoms with Crippen molar-refractivity contribution in [3.8, 4) is 0 Å². The predicted octanol–water partition coefficient (Wildman–Crippen LogP) is 2.18. The van der Waals surface area contributed by atoms with Crippen LogP contribution in [0.1, 0.15) is 37.6 Å². The van der Waals surface area contributed by atoms with E-state index in [1.54, 1.807) is 13.8 Å². The van der Waals surface area contributed by atoms with Crippen molar-refractivity contribution < 1.29 is 17.7 Å². The SMILES string of the molecule is CC1=CC2(CCN(S(=O)(=O)c3c(C)noc3C)CC2)OCC1. The third-order valence-corrected chi connectivity index (χ3v) is 6.67. The quantitative estimate of drug-likeness (QED) is 0.779. The maximum atomic E-state index is 12.8. The van der Waals surface area contributed by atoms with Crippen LogP contribution in [-0.2, 0) is 14.8 Å². The lowest BCUT2D eigenvalue weighted by molar-refractivity contribution is -0.0462. The number of hydrogen-bond donors (Lipinski definition) is 0. The molecule has 0 N–H and O–H groups in total. The van der Waals surface area contributed by atoms with Gasteiger partial charge in [0.25, 0.3) is 0 Å². The molecule has 0 aromatic carbocycles. The first-order valence-electron chi connectivity index (χ1n) is 7.59. The van der Waals surface area contributed by atoms with Crippen molar-refractivity contribution in [1.82, 2.24) is 9.46 Å². The zero-order valence-electron chi connectivity index (χ0n) is 13.3. The Morgan fingerprint density at radius 2 is 1.91 bits per heavy atom. The van der Waals surface area contributed by atoms with E-state index in [0.29, 0.717) is 37.4 Å². The lowest BCUT2D eigenvalue weighted by atomic mass is 9.88. The second-order valence-corrected chi connectivity index (χ2v) is 8.09. The molecule has 0 unspecified atom stereocenters. The van der Waals surface area contributed by atoms with Crippen molar-refractivity contribution in [1.29, 1.82) is 0 Å². The smallest absolute Gasteiger partial charge is 0.248 e. The minimum absolute atomic E-state index is 0.208. The first-order valence-corrected chi connectivity index (χ1v) is 9.03. The molecule has 122 valence electrons. The van der Waals surface area contributed by atoms with Crippen molar-refractivity contribution >= 4 is 10.0 Å². The molecule has 0 aliphatic carbocycles. The van der Waals surface area contributed by atoms with Gasteiger partial charge in [0.15, 0.2) is 5.76 Å². The Morgan fingerprint density at radius 3 is 2.45 bits per heavy atom. The first kappa shape index (κ1) is 15.7. The van der Waals surface area contributed by atoms with Crippen LogP contribution < -0.4 is 0 Å². The maximum absolute atomic E-state index is 12.8. The molecule has 0 bridgehead atoms. The Kier molecular flexibility index (Phi) is 3.91. The van der Waals surface area contributed by atoms with Crippen LogP contribution >= 0.6 is 0 Å². The normalized spacial score (nSPS) is 22.8. The van der Waals surface area contributed by atoms with Crippen molar-refractivity contribution in [2.75, 3.05) is 19.7 Å². The summed E-state index contributed by atoms with van der Waals surface area (Å²) in [4.78, 5) is 0.208. The van der Waals surface area contributed by atoms with E-state index in [-0.39, 0.29) is 10.5 Å². The number of ether oxygens (including phenoxy) is 1. The molecule has 0 radical (unpaired) electrons. The summed E-state index contributed by atoms with van der Waals surface area (Å²) in [6, 6.07) is 0. The molecule has 1 aromatic heterocycles. The van der Waals surface area contributed by atoms with Gasteiger partial charge in [-0.1, -0.05) is 16.8 Å². The summed E-state index contributed by atoms with van der Waals surface area (Å²) in [5.74, 6) is 0.349. The molecule has 3 rings (SSSR count). The third-order valence-electron chi connectivity index (χ3n) is 4.53. The van der Waals surface area contributed by atoms with Gasteiger partial charge in [-0.25, -0.2) is 8.42 Å². The Bertz CT molecular complexity index is 678. The highest BCUT2D eigenvalue weighted by Gasteiger charge is 2.40. The average Bonchev–Trinajstić information content (AvgIpc) is 2.79. The largest absolute Gasteiger partial charge is 0.370 e. The second-order valence-electron chi connectivity index (χ2n) is 6.21. The van der Waals surface area contributed by atoms with E-state index in [1.165, 1.54) is 9.88 Å². The fourth-order valence-electron chi connectivity index (χ4n) is 3.34. The average molecular weight is 326 g/mol. The van der Waals surface area contributed by atoms with Crippen LogP contribution in [-0.4, -0.2) is 43.2 Å². The van der Waals surface area contributed by atoms with Gasteiger partial charge in [0.1, 0.15) is 10.6 Å². The summed E-state index contributed by atoms with van der Waals surface area (Å²) in [5.41, 5.74) is 1.46. The van der Waals surface area contributed by atoms with Gasteiger partial charge in [0, 0.05) is 13.1 Å². The molecule has 7 heteroatoms. The van der Waals surface area contributed by atoms with Gasteiger partial charge < -0.3 is 9.26 Å². The number of nitrogens with zero attached hydrogens (tertiary/aromatic N) is 2. The standard InChI is InChI=1S/C15H22N2O4S/c1-11-4-9-20-15(10-11)5-7-17(8-6-15)22(18,19)14-12(2)16-21-13(14)3/h10H,4-9H2,1-3H3. The van der Waals surface area contributed by atoms with Crippen LogP contribution in [0.2, 0.25) is 0 Å². The van der Waals surface area contributed by atoms with Crippen molar-refractivity contribution in [2.24, 2.45) is 0 Å². The number of sulfonamides is 1. The number of piperidine rings is 1. The molecule has 22 heavy (non-hydrogen) atoms. The molecular formula is C15H22N2O4S. The molecule has 2 aliphatic rings. The molecule has 1 saturated heterocycles. The number of rotatable bonds is 2. The molecule has 1 fully saturated rings. The van der Waals surface area contributed by atoms with Crippen molar-refractivity contribution in [3.05, 3.63) is 23.1 Å². The Balaban J connectivity index is 1.81. The summed E-state index contributed by atoms with van der Waals surface area (Å²) >= 11 is 0. The van der Waals surface area contributed by atoms with Gasteiger partial charge in [-0.3, -0.25) is 0 Å². The van der Waals surface area contributed by atoms with E-state index in [4.69, 9.17) is 9.26 Å². The van der Waals surface area contributed by atoms with Crippen LogP contribution in [0.5, 0.6) is 0 Å². The minimum Gasteiger partial charge on any atom is -0.370 e. The second kappa shape index (κ2) is 5.47. The van der Waals surface area contributed by atoms with Gasteiger partial charge in [-0.05, 0) is 40.0 Å². The zero-order chi connectivity index (χ0) is 16.0. The van der Waals surface area contributed by atoms with Gasteiger partial charge in [-0.2, -0.15) is 4.31 Å². The topological polar surface area (TPSA) is 72.6 Å². The molecule has 3 heterocycles. The number of aryl methyl sites for hydroxylation is 2. The van der Waals surface area contributed by atoms with Crippen molar-refractivity contribution in [2.45, 2.75) is 50.5 Å². The fourth-order valence-corrected chi connectivity index (χ4v) is 5.08. The molecule has 0 saturated carbocycles. The molecule has 2 aliphatic heterocycles. The van der Waals surface area contributed by atoms with E-state index in [2.05, 4.69) is 18.2 Å². The fraction of sp³-hybridized carbons (Fsp3) is 0.667. The van der Waals surface area contributed by atoms with Gasteiger partial charge in [0.2, 0.25) is 10.0 Å². The summed E-state index contributed by atoms with van der Waals surface area (Å²) < 4.78 is 38.1. The zero-order valence-corrected chi connectivity index (χ0v) is 14.1. The van der Waals surface area contributed by atoms with E-state index < -0.39 is 10.0 Å². The van der Waals surface area contributed by atoms with E-state index >= 15 is 0 Å². The third kappa shape index (κ3) is 2.61. The van der Waals surface area contributed by atoms with E-state index in [0.717, 1.165) is 13.0 Å². The number of aromatic nitrogens is 1. The van der Waals surface area contributed by atoms with Crippen molar-refractivity contribution in [3.63, 3.8) is 0 Å². The Labute approximate surface area is 131 Å². The van der Waals surface area contributed by atoms with Crippen LogP contribution in [0.3, 0.4) is 0 Å². The highest BCUT2D eigenvalue weighted by atomic mass is 32.2. The van der Waals surface area contributed by atoms with Gasteiger partial charge in [0.05, 0.1) is 12.2 Å². The van der Waals surface area contributed by atoms with Gasteiger partial charge >= 0.3 is 0 Å². The Hall–Kier alpha value is -1.18. The molecular weight excluding hydrogens is 304 g/mol. The lowest BCUT2D eigenvalue weighted by Crippen LogP contribution is -2.48. The molecule has 6 nitrogen and oxygen atoms in total. The minimum atomic E-state index is -3.55. The predicted molar refractivity (Wildman–Crippen MR) is 81.0 cm³/mol. The van der Waals surface area contributed by atoms with Gasteiger partial charge in [-0.15, -0.1) is 0 Å². The summed E-state index contributed by atoms with van der Waals surface area (Å²) in [5, 5.41) is 3.76. The van der Waals surface area contributed by atoms with Crippen LogP contribution in [0.15, 0.2) is 21.1 Å². The maximum Gasteiger partial charge on any atom is 0.248 e. The molecule has 0 atom stereocenters. The van der Waals surface area contributed by atoms with E-state index in [1.807, 2.05) is 0 Å². The highest BCUT2D eigenvalue weighted by Crippen LogP contribution is 2.35. The first-order chi connectivity index (χ1) is 10.3. The number of hydrogen-bond acceptors (Lipinski definition) is 5. The Morgan fingerprint density at radius 1 is 1.23 bits per heavy atom. The van der Waals surface area contributed by atoms with E-state index in [9.17, 15) is 8.42 Å². The monoisotopic (exact) mass is 326 g/mol. The summed E-state index contributed by atoms with van der Waals surface area (Å²) in [7, 11) is -3.55. The van der Waals surface area contributed by atoms with Crippen LogP contribution in [0.4, 0.5) is 0 Å². The summed E-state index contributed by atoms with van der Waals surface area (Å²) in [6.07, 6.45) is 4.51. The summed E-state index contributed by atoms with van der Waals surface area (Å²) in [6.45, 7) is 7.03. The lowest BCUT2D eigenvalue weighted by Gasteiger charge is -2.41. The molecule has 1 aromatic rings. The molecule has 0 amide bonds. The van der Waals surface area contributed by atoms with Crippen LogP contribution in [0, 0.1) is 13.8 Å².